The van der Waals surface area contributed by atoms with Gasteiger partial charge in [-0.2, -0.15) is 9.40 Å². The molecular formula is C24H30N4O2S. The molecule has 6 nitrogen and oxygen atoms in total. The van der Waals surface area contributed by atoms with Gasteiger partial charge >= 0.3 is 0 Å². The molecule has 0 bridgehead atoms. The molecule has 2 aromatic carbocycles. The summed E-state index contributed by atoms with van der Waals surface area (Å²) < 4.78 is 30.0. The SMILES string of the molecule is Cc1nn(C(C)C)cc1S(=O)(=O)N1CCN(C(c2ccccc2)c2ccccc2)CC1. The van der Waals surface area contributed by atoms with Gasteiger partial charge in [-0.3, -0.25) is 9.58 Å². The van der Waals surface area contributed by atoms with Crippen molar-refractivity contribution in [1.29, 1.82) is 0 Å². The van der Waals surface area contributed by atoms with Gasteiger partial charge in [-0.15, -0.1) is 0 Å². The van der Waals surface area contributed by atoms with E-state index in [2.05, 4.69) is 58.5 Å². The molecule has 1 aliphatic heterocycles. The summed E-state index contributed by atoms with van der Waals surface area (Å²) in [5.41, 5.74) is 3.00. The summed E-state index contributed by atoms with van der Waals surface area (Å²) in [5, 5.41) is 4.39. The van der Waals surface area contributed by atoms with Crippen LogP contribution in [-0.2, 0) is 10.0 Å². The maximum absolute atomic E-state index is 13.3. The van der Waals surface area contributed by atoms with Crippen molar-refractivity contribution in [2.75, 3.05) is 26.2 Å². The van der Waals surface area contributed by atoms with E-state index < -0.39 is 10.0 Å². The van der Waals surface area contributed by atoms with E-state index >= 15 is 0 Å². The van der Waals surface area contributed by atoms with Crippen molar-refractivity contribution >= 4 is 10.0 Å². The minimum Gasteiger partial charge on any atom is -0.290 e. The Morgan fingerprint density at radius 1 is 0.839 bits per heavy atom. The Bertz CT molecular complexity index is 1060. The smallest absolute Gasteiger partial charge is 0.246 e. The van der Waals surface area contributed by atoms with Gasteiger partial charge in [0.05, 0.1) is 11.7 Å². The lowest BCUT2D eigenvalue weighted by atomic mass is 9.96. The third-order valence-corrected chi connectivity index (χ3v) is 7.89. The lowest BCUT2D eigenvalue weighted by Gasteiger charge is -2.39. The van der Waals surface area contributed by atoms with Gasteiger partial charge in [0, 0.05) is 38.4 Å². The first-order chi connectivity index (χ1) is 14.9. The highest BCUT2D eigenvalue weighted by Gasteiger charge is 2.34. The van der Waals surface area contributed by atoms with Crippen molar-refractivity contribution in [1.82, 2.24) is 19.0 Å². The Morgan fingerprint density at radius 2 is 1.35 bits per heavy atom. The molecule has 0 aliphatic carbocycles. The number of sulfonamides is 1. The minimum absolute atomic E-state index is 0.109. The molecule has 0 radical (unpaired) electrons. The van der Waals surface area contributed by atoms with E-state index in [1.54, 1.807) is 22.1 Å². The highest BCUT2D eigenvalue weighted by atomic mass is 32.2. The van der Waals surface area contributed by atoms with E-state index in [9.17, 15) is 8.42 Å². The largest absolute Gasteiger partial charge is 0.290 e. The molecular weight excluding hydrogens is 408 g/mol. The number of piperazine rings is 1. The monoisotopic (exact) mass is 438 g/mol. The Balaban J connectivity index is 1.55. The number of benzene rings is 2. The second kappa shape index (κ2) is 8.94. The van der Waals surface area contributed by atoms with Crippen LogP contribution in [0, 0.1) is 6.92 Å². The fourth-order valence-electron chi connectivity index (χ4n) is 4.21. The molecule has 1 saturated heterocycles. The molecule has 2 heterocycles. The van der Waals surface area contributed by atoms with Crippen LogP contribution in [0.3, 0.4) is 0 Å². The molecule has 0 saturated carbocycles. The minimum atomic E-state index is -3.56. The molecule has 4 rings (SSSR count). The van der Waals surface area contributed by atoms with Gasteiger partial charge in [-0.05, 0) is 31.9 Å². The van der Waals surface area contributed by atoms with Crippen molar-refractivity contribution in [2.24, 2.45) is 0 Å². The van der Waals surface area contributed by atoms with Crippen LogP contribution in [-0.4, -0.2) is 53.6 Å². The van der Waals surface area contributed by atoms with Crippen LogP contribution in [0.2, 0.25) is 0 Å². The summed E-state index contributed by atoms with van der Waals surface area (Å²) in [5.74, 6) is 0. The van der Waals surface area contributed by atoms with Gasteiger partial charge in [-0.1, -0.05) is 60.7 Å². The topological polar surface area (TPSA) is 58.4 Å². The second-order valence-corrected chi connectivity index (χ2v) is 10.2. The zero-order chi connectivity index (χ0) is 22.0. The van der Waals surface area contributed by atoms with Crippen molar-refractivity contribution in [3.05, 3.63) is 83.7 Å². The van der Waals surface area contributed by atoms with Gasteiger partial charge in [0.2, 0.25) is 10.0 Å². The molecule has 7 heteroatoms. The number of hydrogen-bond donors (Lipinski definition) is 0. The van der Waals surface area contributed by atoms with E-state index in [-0.39, 0.29) is 12.1 Å². The summed E-state index contributed by atoms with van der Waals surface area (Å²) in [4.78, 5) is 2.69. The Labute approximate surface area is 185 Å². The molecule has 31 heavy (non-hydrogen) atoms. The molecule has 0 atom stereocenters. The number of hydrogen-bond acceptors (Lipinski definition) is 4. The molecule has 1 fully saturated rings. The fraction of sp³-hybridized carbons (Fsp3) is 0.375. The lowest BCUT2D eigenvalue weighted by Crippen LogP contribution is -2.49. The van der Waals surface area contributed by atoms with Crippen LogP contribution >= 0.6 is 0 Å². The number of aromatic nitrogens is 2. The van der Waals surface area contributed by atoms with Gasteiger partial charge in [0.1, 0.15) is 4.90 Å². The van der Waals surface area contributed by atoms with Crippen molar-refractivity contribution < 1.29 is 8.42 Å². The van der Waals surface area contributed by atoms with Crippen LogP contribution < -0.4 is 0 Å². The zero-order valence-electron chi connectivity index (χ0n) is 18.3. The van der Waals surface area contributed by atoms with Gasteiger partial charge < -0.3 is 0 Å². The molecule has 0 amide bonds. The van der Waals surface area contributed by atoms with Crippen LogP contribution in [0.1, 0.15) is 42.8 Å². The molecule has 1 aliphatic rings. The normalized spacial score (nSPS) is 16.3. The average Bonchev–Trinajstić information content (AvgIpc) is 3.19. The standard InChI is InChI=1S/C24H30N4O2S/c1-19(2)28-18-23(20(3)25-28)31(29,30)27-16-14-26(15-17-27)24(21-10-6-4-7-11-21)22-12-8-5-9-13-22/h4-13,18-19,24H,14-17H2,1-3H3. The fourth-order valence-corrected chi connectivity index (χ4v) is 5.79. The quantitative estimate of drug-likeness (QED) is 0.586. The van der Waals surface area contributed by atoms with Crippen LogP contribution in [0.4, 0.5) is 0 Å². The highest BCUT2D eigenvalue weighted by Crippen LogP contribution is 2.30. The Hall–Kier alpha value is -2.48. The summed E-state index contributed by atoms with van der Waals surface area (Å²) in [6, 6.07) is 21.1. The Morgan fingerprint density at radius 3 is 1.81 bits per heavy atom. The van der Waals surface area contributed by atoms with Crippen molar-refractivity contribution in [2.45, 2.75) is 37.8 Å². The number of aryl methyl sites for hydroxylation is 1. The second-order valence-electron chi connectivity index (χ2n) is 8.32. The van der Waals surface area contributed by atoms with E-state index in [1.165, 1.54) is 11.1 Å². The molecule has 0 spiro atoms. The predicted molar refractivity (Wildman–Crippen MR) is 122 cm³/mol. The summed E-state index contributed by atoms with van der Waals surface area (Å²) in [6.07, 6.45) is 1.67. The summed E-state index contributed by atoms with van der Waals surface area (Å²) in [7, 11) is -3.56. The zero-order valence-corrected chi connectivity index (χ0v) is 19.2. The van der Waals surface area contributed by atoms with Gasteiger partial charge in [0.25, 0.3) is 0 Å². The Kier molecular flexibility index (Phi) is 6.27. The number of nitrogens with zero attached hydrogens (tertiary/aromatic N) is 4. The molecule has 164 valence electrons. The molecule has 1 aromatic heterocycles. The third kappa shape index (κ3) is 4.44. The first kappa shape index (κ1) is 21.7. The van der Waals surface area contributed by atoms with E-state index in [1.807, 2.05) is 26.0 Å². The first-order valence-corrected chi connectivity index (χ1v) is 12.2. The summed E-state index contributed by atoms with van der Waals surface area (Å²) in [6.45, 7) is 8.03. The molecule has 0 N–H and O–H groups in total. The third-order valence-electron chi connectivity index (χ3n) is 5.89. The first-order valence-electron chi connectivity index (χ1n) is 10.8. The average molecular weight is 439 g/mol. The molecule has 0 unspecified atom stereocenters. The highest BCUT2D eigenvalue weighted by molar-refractivity contribution is 7.89. The lowest BCUT2D eigenvalue weighted by molar-refractivity contribution is 0.156. The van der Waals surface area contributed by atoms with E-state index in [4.69, 9.17) is 0 Å². The van der Waals surface area contributed by atoms with Crippen molar-refractivity contribution in [3.63, 3.8) is 0 Å². The van der Waals surface area contributed by atoms with E-state index in [0.717, 1.165) is 0 Å². The maximum Gasteiger partial charge on any atom is 0.246 e. The van der Waals surface area contributed by atoms with Crippen LogP contribution in [0.25, 0.3) is 0 Å². The predicted octanol–water partition coefficient (Wildman–Crippen LogP) is 3.87. The van der Waals surface area contributed by atoms with Gasteiger partial charge in [-0.25, -0.2) is 8.42 Å². The van der Waals surface area contributed by atoms with Crippen LogP contribution in [0.15, 0.2) is 71.8 Å². The van der Waals surface area contributed by atoms with Crippen molar-refractivity contribution in [3.8, 4) is 0 Å². The maximum atomic E-state index is 13.3. The van der Waals surface area contributed by atoms with Crippen LogP contribution in [0.5, 0.6) is 0 Å². The van der Waals surface area contributed by atoms with Gasteiger partial charge in [0.15, 0.2) is 0 Å². The number of rotatable bonds is 6. The van der Waals surface area contributed by atoms with E-state index in [0.29, 0.717) is 36.8 Å². The molecule has 3 aromatic rings. The summed E-state index contributed by atoms with van der Waals surface area (Å²) >= 11 is 0.